The quantitative estimate of drug-likeness (QED) is 0.809. The molecule has 4 nitrogen and oxygen atoms in total. The number of amides is 1. The third-order valence-corrected chi connectivity index (χ3v) is 5.57. The lowest BCUT2D eigenvalue weighted by Gasteiger charge is -2.34. The number of rotatable bonds is 1. The molecule has 0 unspecified atom stereocenters. The summed E-state index contributed by atoms with van der Waals surface area (Å²) < 4.78 is 5.99. The number of benzene rings is 1. The summed E-state index contributed by atoms with van der Waals surface area (Å²) in [7, 11) is 1.83. The van der Waals surface area contributed by atoms with Crippen LogP contribution in [-0.4, -0.2) is 24.2 Å². The predicted molar refractivity (Wildman–Crippen MR) is 88.7 cm³/mol. The fourth-order valence-corrected chi connectivity index (χ4v) is 4.60. The number of hydrogen-bond donors (Lipinski definition) is 1. The molecule has 1 N–H and O–H groups in total. The lowest BCUT2D eigenvalue weighted by Crippen LogP contribution is -2.55. The first-order chi connectivity index (χ1) is 10.6. The number of anilines is 1. The molecule has 2 atom stereocenters. The number of nitrogens with zero attached hydrogens (tertiary/aromatic N) is 1. The summed E-state index contributed by atoms with van der Waals surface area (Å²) in [6.07, 6.45) is 5.71. The van der Waals surface area contributed by atoms with E-state index in [1.54, 1.807) is 4.90 Å². The van der Waals surface area contributed by atoms with Gasteiger partial charge in [0.25, 0.3) is 11.1 Å². The third-order valence-electron chi connectivity index (χ3n) is 5.37. The van der Waals surface area contributed by atoms with Crippen molar-refractivity contribution in [1.29, 1.82) is 0 Å². The summed E-state index contributed by atoms with van der Waals surface area (Å²) in [5.41, 5.74) is 1.12. The van der Waals surface area contributed by atoms with Crippen LogP contribution in [0.1, 0.15) is 37.7 Å². The smallest absolute Gasteiger partial charge is 0.261 e. The van der Waals surface area contributed by atoms with Gasteiger partial charge in [0, 0.05) is 18.3 Å². The molecule has 0 aromatic heterocycles. The molecular weight excluding hydrogens is 296 g/mol. The topological polar surface area (TPSA) is 41.6 Å². The molecule has 1 saturated carbocycles. The van der Waals surface area contributed by atoms with E-state index in [-0.39, 0.29) is 12.0 Å². The summed E-state index contributed by atoms with van der Waals surface area (Å²) >= 11 is 5.29. The van der Waals surface area contributed by atoms with Gasteiger partial charge in [-0.15, -0.1) is 0 Å². The van der Waals surface area contributed by atoms with Crippen LogP contribution in [0.5, 0.6) is 0 Å². The van der Waals surface area contributed by atoms with Gasteiger partial charge < -0.3 is 15.0 Å². The molecule has 5 heteroatoms. The molecule has 1 spiro atoms. The summed E-state index contributed by atoms with van der Waals surface area (Å²) in [4.78, 5) is 14.8. The molecule has 0 bridgehead atoms. The van der Waals surface area contributed by atoms with Crippen LogP contribution >= 0.6 is 12.2 Å². The van der Waals surface area contributed by atoms with E-state index in [1.165, 1.54) is 19.3 Å². The van der Waals surface area contributed by atoms with Crippen molar-refractivity contribution in [3.63, 3.8) is 0 Å². The molecule has 1 saturated heterocycles. The van der Waals surface area contributed by atoms with E-state index in [0.29, 0.717) is 11.1 Å². The Kier molecular flexibility index (Phi) is 3.15. The Bertz CT molecular complexity index is 641. The van der Waals surface area contributed by atoms with E-state index in [9.17, 15) is 4.79 Å². The Hall–Kier alpha value is -1.62. The zero-order chi connectivity index (χ0) is 15.3. The number of carbonyl (C=O) groups is 1. The van der Waals surface area contributed by atoms with Gasteiger partial charge in [0.05, 0.1) is 0 Å². The molecule has 1 aliphatic carbocycles. The monoisotopic (exact) mass is 316 g/mol. The van der Waals surface area contributed by atoms with Crippen LogP contribution in [-0.2, 0) is 15.1 Å². The second-order valence-electron chi connectivity index (χ2n) is 6.54. The van der Waals surface area contributed by atoms with Crippen LogP contribution in [0.4, 0.5) is 5.69 Å². The number of ether oxygens (including phenoxy) is 1. The average Bonchev–Trinajstić information content (AvgIpc) is 3.01. The largest absolute Gasteiger partial charge is 0.464 e. The fourth-order valence-electron chi connectivity index (χ4n) is 4.34. The lowest BCUT2D eigenvalue weighted by molar-refractivity contribution is -0.127. The fraction of sp³-hybridized carbons (Fsp3) is 0.529. The number of thiocarbonyl (C=S) groups is 1. The molecule has 2 aliphatic heterocycles. The third kappa shape index (κ3) is 1.75. The second-order valence-corrected chi connectivity index (χ2v) is 6.91. The number of nitrogens with one attached hydrogen (secondary N) is 1. The second kappa shape index (κ2) is 4.95. The Balaban J connectivity index is 1.83. The standard InChI is InChI=1S/C17H20N2O2S/c1-19-13-10-6-5-9-12(13)17(15(19)20)14(21-16(22)18-17)11-7-3-2-4-8-11/h5-6,9-11,14H,2-4,7-8H2,1H3,(H,18,22)/t14-,17+/m0/s1. The predicted octanol–water partition coefficient (Wildman–Crippen LogP) is 2.71. The average molecular weight is 316 g/mol. The van der Waals surface area contributed by atoms with Gasteiger partial charge >= 0.3 is 0 Å². The van der Waals surface area contributed by atoms with E-state index >= 15 is 0 Å². The van der Waals surface area contributed by atoms with Gasteiger partial charge in [-0.2, -0.15) is 0 Å². The number of carbonyl (C=O) groups excluding carboxylic acids is 1. The molecule has 1 amide bonds. The van der Waals surface area contributed by atoms with E-state index in [2.05, 4.69) is 5.32 Å². The van der Waals surface area contributed by atoms with Crippen LogP contribution in [0.25, 0.3) is 0 Å². The highest BCUT2D eigenvalue weighted by Gasteiger charge is 2.62. The highest BCUT2D eigenvalue weighted by molar-refractivity contribution is 7.80. The maximum Gasteiger partial charge on any atom is 0.261 e. The van der Waals surface area contributed by atoms with Crippen molar-refractivity contribution < 1.29 is 9.53 Å². The number of hydrogen-bond acceptors (Lipinski definition) is 3. The van der Waals surface area contributed by atoms with Crippen molar-refractivity contribution in [3.05, 3.63) is 29.8 Å². The maximum atomic E-state index is 13.1. The van der Waals surface area contributed by atoms with Crippen LogP contribution in [0.15, 0.2) is 24.3 Å². The van der Waals surface area contributed by atoms with Crippen molar-refractivity contribution in [2.24, 2.45) is 5.92 Å². The number of likely N-dealkylation sites (N-methyl/N-ethyl adjacent to an activating group) is 1. The van der Waals surface area contributed by atoms with E-state index in [0.717, 1.165) is 24.1 Å². The molecule has 3 aliphatic rings. The Morgan fingerprint density at radius 3 is 2.77 bits per heavy atom. The minimum Gasteiger partial charge on any atom is -0.464 e. The number of fused-ring (bicyclic) bond motifs is 2. The summed E-state index contributed by atoms with van der Waals surface area (Å²) in [5, 5.41) is 3.59. The zero-order valence-corrected chi connectivity index (χ0v) is 13.5. The number of para-hydroxylation sites is 1. The van der Waals surface area contributed by atoms with Crippen molar-refractivity contribution in [2.45, 2.75) is 43.7 Å². The Labute approximate surface area is 135 Å². The Morgan fingerprint density at radius 2 is 2.00 bits per heavy atom. The van der Waals surface area contributed by atoms with Gasteiger partial charge in [-0.05, 0) is 37.0 Å². The molecular formula is C17H20N2O2S. The minimum absolute atomic E-state index is 0.0455. The van der Waals surface area contributed by atoms with Gasteiger partial charge in [0.15, 0.2) is 5.54 Å². The first-order valence-corrected chi connectivity index (χ1v) is 8.42. The Morgan fingerprint density at radius 1 is 1.27 bits per heavy atom. The van der Waals surface area contributed by atoms with Crippen LogP contribution < -0.4 is 10.2 Å². The van der Waals surface area contributed by atoms with Gasteiger partial charge in [0.1, 0.15) is 6.10 Å². The van der Waals surface area contributed by atoms with Crippen molar-refractivity contribution in [1.82, 2.24) is 5.32 Å². The van der Waals surface area contributed by atoms with Gasteiger partial charge in [0.2, 0.25) is 0 Å². The lowest BCUT2D eigenvalue weighted by atomic mass is 9.74. The molecule has 0 radical (unpaired) electrons. The van der Waals surface area contributed by atoms with E-state index in [4.69, 9.17) is 17.0 Å². The normalized spacial score (nSPS) is 31.3. The van der Waals surface area contributed by atoms with Crippen molar-refractivity contribution >= 4 is 29.0 Å². The minimum atomic E-state index is -0.829. The van der Waals surface area contributed by atoms with Crippen molar-refractivity contribution in [2.75, 3.05) is 11.9 Å². The highest BCUT2D eigenvalue weighted by Crippen LogP contribution is 2.49. The van der Waals surface area contributed by atoms with Gasteiger partial charge in [-0.1, -0.05) is 37.5 Å². The van der Waals surface area contributed by atoms with E-state index in [1.807, 2.05) is 31.3 Å². The van der Waals surface area contributed by atoms with E-state index < -0.39 is 5.54 Å². The highest BCUT2D eigenvalue weighted by atomic mass is 32.1. The SMILES string of the molecule is CN1C(=O)[C@@]2(NC(=S)O[C@H]2C2CCCCC2)c2ccccc21. The summed E-state index contributed by atoms with van der Waals surface area (Å²) in [5.74, 6) is 0.425. The first-order valence-electron chi connectivity index (χ1n) is 8.01. The van der Waals surface area contributed by atoms with Crippen LogP contribution in [0, 0.1) is 5.92 Å². The zero-order valence-electron chi connectivity index (χ0n) is 12.7. The summed E-state index contributed by atoms with van der Waals surface area (Å²) in [6.45, 7) is 0. The molecule has 2 fully saturated rings. The molecule has 22 heavy (non-hydrogen) atoms. The molecule has 116 valence electrons. The van der Waals surface area contributed by atoms with Crippen LogP contribution in [0.2, 0.25) is 0 Å². The maximum absolute atomic E-state index is 13.1. The molecule has 1 aromatic rings. The van der Waals surface area contributed by atoms with Crippen LogP contribution in [0.3, 0.4) is 0 Å². The van der Waals surface area contributed by atoms with Crippen molar-refractivity contribution in [3.8, 4) is 0 Å². The molecule has 4 rings (SSSR count). The van der Waals surface area contributed by atoms with Gasteiger partial charge in [-0.25, -0.2) is 0 Å². The summed E-state index contributed by atoms with van der Waals surface area (Å²) in [6, 6.07) is 7.96. The molecule has 2 heterocycles. The van der Waals surface area contributed by atoms with Gasteiger partial charge in [-0.3, -0.25) is 4.79 Å². The molecule has 1 aromatic carbocycles. The first kappa shape index (κ1) is 14.0.